The molecule has 0 spiro atoms. The number of amides is 1. The SMILES string of the molecule is COc1cccc2c1OCC(NC(=O)CC13CC4CC(CC(O)(C4)C1)C3)C2. The third-order valence-corrected chi connectivity index (χ3v) is 7.23. The minimum atomic E-state index is -0.506. The number of hydrogen-bond donors (Lipinski definition) is 2. The van der Waals surface area contributed by atoms with Gasteiger partial charge in [-0.2, -0.15) is 0 Å². The lowest BCUT2D eigenvalue weighted by molar-refractivity contribution is -0.169. The number of carbonyl (C=O) groups is 1. The summed E-state index contributed by atoms with van der Waals surface area (Å²) in [7, 11) is 1.65. The smallest absolute Gasteiger partial charge is 0.220 e. The van der Waals surface area contributed by atoms with Crippen LogP contribution in [0.5, 0.6) is 11.5 Å². The highest BCUT2D eigenvalue weighted by Gasteiger charge is 2.57. The van der Waals surface area contributed by atoms with Gasteiger partial charge in [0, 0.05) is 12.0 Å². The number of hydrogen-bond acceptors (Lipinski definition) is 4. The van der Waals surface area contributed by atoms with Gasteiger partial charge in [-0.05, 0) is 68.3 Å². The summed E-state index contributed by atoms with van der Waals surface area (Å²) in [6, 6.07) is 5.89. The molecule has 27 heavy (non-hydrogen) atoms. The molecule has 5 aliphatic rings. The van der Waals surface area contributed by atoms with Crippen LogP contribution < -0.4 is 14.8 Å². The van der Waals surface area contributed by atoms with Gasteiger partial charge in [0.05, 0.1) is 18.8 Å². The maximum atomic E-state index is 12.9. The lowest BCUT2D eigenvalue weighted by Crippen LogP contribution is -2.57. The monoisotopic (exact) mass is 371 g/mol. The molecule has 1 aromatic rings. The van der Waals surface area contributed by atoms with E-state index >= 15 is 0 Å². The molecular weight excluding hydrogens is 342 g/mol. The quantitative estimate of drug-likeness (QED) is 0.854. The van der Waals surface area contributed by atoms with Crippen molar-refractivity contribution in [2.24, 2.45) is 17.3 Å². The normalized spacial score (nSPS) is 38.8. The Bertz CT molecular complexity index is 747. The molecular formula is C22H29NO4. The topological polar surface area (TPSA) is 67.8 Å². The maximum absolute atomic E-state index is 12.9. The number of aliphatic hydroxyl groups is 1. The molecule has 0 radical (unpaired) electrons. The molecule has 1 amide bonds. The van der Waals surface area contributed by atoms with Crippen molar-refractivity contribution in [1.29, 1.82) is 0 Å². The molecule has 4 saturated carbocycles. The number of rotatable bonds is 4. The van der Waals surface area contributed by atoms with Crippen molar-refractivity contribution >= 4 is 5.91 Å². The molecule has 1 heterocycles. The third-order valence-electron chi connectivity index (χ3n) is 7.23. The second kappa shape index (κ2) is 6.13. The van der Waals surface area contributed by atoms with Crippen molar-refractivity contribution in [3.05, 3.63) is 23.8 Å². The molecule has 5 heteroatoms. The van der Waals surface area contributed by atoms with Crippen LogP contribution in [0.25, 0.3) is 0 Å². The average Bonchev–Trinajstić information content (AvgIpc) is 2.58. The fraction of sp³-hybridized carbons (Fsp3) is 0.682. The van der Waals surface area contributed by atoms with Gasteiger partial charge in [0.15, 0.2) is 11.5 Å². The second-order valence-corrected chi connectivity index (χ2v) is 9.59. The predicted octanol–water partition coefficient (Wildman–Crippen LogP) is 2.84. The van der Waals surface area contributed by atoms with Gasteiger partial charge in [0.25, 0.3) is 0 Å². The van der Waals surface area contributed by atoms with Gasteiger partial charge in [0.1, 0.15) is 6.61 Å². The van der Waals surface area contributed by atoms with E-state index in [1.165, 1.54) is 6.42 Å². The molecule has 1 aliphatic heterocycles. The van der Waals surface area contributed by atoms with E-state index in [1.807, 2.05) is 18.2 Å². The number of ether oxygens (including phenoxy) is 2. The van der Waals surface area contributed by atoms with Crippen LogP contribution in [-0.2, 0) is 11.2 Å². The molecule has 4 aliphatic carbocycles. The van der Waals surface area contributed by atoms with Crippen LogP contribution in [0.1, 0.15) is 50.5 Å². The molecule has 0 saturated heterocycles. The largest absolute Gasteiger partial charge is 0.493 e. The number of methoxy groups -OCH3 is 1. The second-order valence-electron chi connectivity index (χ2n) is 9.59. The summed E-state index contributed by atoms with van der Waals surface area (Å²) >= 11 is 0. The van der Waals surface area contributed by atoms with Crippen molar-refractivity contribution in [1.82, 2.24) is 5.32 Å². The van der Waals surface area contributed by atoms with Crippen molar-refractivity contribution in [3.8, 4) is 11.5 Å². The van der Waals surface area contributed by atoms with E-state index in [0.717, 1.165) is 55.6 Å². The Kier molecular flexibility index (Phi) is 3.94. The van der Waals surface area contributed by atoms with Crippen LogP contribution in [0.15, 0.2) is 18.2 Å². The number of benzene rings is 1. The van der Waals surface area contributed by atoms with Crippen molar-refractivity contribution in [2.45, 2.75) is 63.0 Å². The lowest BCUT2D eigenvalue weighted by atomic mass is 9.47. The molecule has 3 atom stereocenters. The van der Waals surface area contributed by atoms with E-state index < -0.39 is 5.60 Å². The zero-order valence-electron chi connectivity index (χ0n) is 16.0. The molecule has 1 aromatic carbocycles. The van der Waals surface area contributed by atoms with Gasteiger partial charge in [-0.15, -0.1) is 0 Å². The zero-order chi connectivity index (χ0) is 18.6. The van der Waals surface area contributed by atoms with Crippen LogP contribution in [0, 0.1) is 17.3 Å². The summed E-state index contributed by atoms with van der Waals surface area (Å²) in [6.45, 7) is 0.474. The summed E-state index contributed by atoms with van der Waals surface area (Å²) < 4.78 is 11.3. The zero-order valence-corrected chi connectivity index (χ0v) is 16.0. The first-order valence-electron chi connectivity index (χ1n) is 10.3. The summed E-state index contributed by atoms with van der Waals surface area (Å²) in [4.78, 5) is 12.9. The van der Waals surface area contributed by atoms with E-state index in [1.54, 1.807) is 7.11 Å². The Labute approximate surface area is 160 Å². The van der Waals surface area contributed by atoms with Crippen LogP contribution in [-0.4, -0.2) is 36.4 Å². The van der Waals surface area contributed by atoms with E-state index in [2.05, 4.69) is 5.32 Å². The fourth-order valence-electron chi connectivity index (χ4n) is 6.88. The predicted molar refractivity (Wildman–Crippen MR) is 101 cm³/mol. The highest BCUT2D eigenvalue weighted by atomic mass is 16.5. The van der Waals surface area contributed by atoms with Crippen LogP contribution in [0.2, 0.25) is 0 Å². The Balaban J connectivity index is 1.24. The Hall–Kier alpha value is -1.75. The van der Waals surface area contributed by atoms with Gasteiger partial charge in [-0.25, -0.2) is 0 Å². The summed E-state index contributed by atoms with van der Waals surface area (Å²) in [5, 5.41) is 14.1. The van der Waals surface area contributed by atoms with E-state index in [4.69, 9.17) is 9.47 Å². The van der Waals surface area contributed by atoms with Crippen LogP contribution in [0.3, 0.4) is 0 Å². The van der Waals surface area contributed by atoms with Gasteiger partial charge in [0.2, 0.25) is 5.91 Å². The van der Waals surface area contributed by atoms with Gasteiger partial charge >= 0.3 is 0 Å². The Morgan fingerprint density at radius 3 is 2.78 bits per heavy atom. The molecule has 0 aromatic heterocycles. The van der Waals surface area contributed by atoms with Crippen molar-refractivity contribution < 1.29 is 19.4 Å². The number of carbonyl (C=O) groups excluding carboxylic acids is 1. The highest BCUT2D eigenvalue weighted by molar-refractivity contribution is 5.77. The summed E-state index contributed by atoms with van der Waals surface area (Å²) in [6.07, 6.45) is 7.48. The van der Waals surface area contributed by atoms with Crippen molar-refractivity contribution in [2.75, 3.05) is 13.7 Å². The van der Waals surface area contributed by atoms with E-state index in [0.29, 0.717) is 24.9 Å². The standard InChI is InChI=1S/C22H29NO4/c1-26-18-4-2-3-16-6-17(12-27-20(16)18)23-19(24)11-21-7-14-5-15(8-21)10-22(25,9-14)13-21/h2-4,14-15,17,25H,5-13H2,1H3,(H,23,24). The average molecular weight is 371 g/mol. The molecule has 146 valence electrons. The van der Waals surface area contributed by atoms with E-state index in [-0.39, 0.29) is 17.4 Å². The van der Waals surface area contributed by atoms with Crippen LogP contribution >= 0.6 is 0 Å². The number of fused-ring (bicyclic) bond motifs is 1. The van der Waals surface area contributed by atoms with Gasteiger partial charge in [-0.3, -0.25) is 4.79 Å². The number of para-hydroxylation sites is 1. The molecule has 6 rings (SSSR count). The van der Waals surface area contributed by atoms with Gasteiger partial charge < -0.3 is 19.9 Å². The third kappa shape index (κ3) is 3.10. The fourth-order valence-corrected chi connectivity index (χ4v) is 6.88. The Morgan fingerprint density at radius 2 is 2.07 bits per heavy atom. The summed E-state index contributed by atoms with van der Waals surface area (Å²) in [5.41, 5.74) is 0.586. The summed E-state index contributed by atoms with van der Waals surface area (Å²) in [5.74, 6) is 2.89. The number of nitrogens with one attached hydrogen (secondary N) is 1. The molecule has 5 nitrogen and oxygen atoms in total. The first-order valence-corrected chi connectivity index (χ1v) is 10.3. The van der Waals surface area contributed by atoms with Gasteiger partial charge in [-0.1, -0.05) is 12.1 Å². The first-order chi connectivity index (χ1) is 13.0. The maximum Gasteiger partial charge on any atom is 0.220 e. The van der Waals surface area contributed by atoms with Crippen LogP contribution in [0.4, 0.5) is 0 Å². The van der Waals surface area contributed by atoms with Crippen molar-refractivity contribution in [3.63, 3.8) is 0 Å². The minimum absolute atomic E-state index is 0.00546. The van der Waals surface area contributed by atoms with E-state index in [9.17, 15) is 9.90 Å². The highest BCUT2D eigenvalue weighted by Crippen LogP contribution is 2.62. The lowest BCUT2D eigenvalue weighted by Gasteiger charge is -2.60. The Morgan fingerprint density at radius 1 is 1.30 bits per heavy atom. The minimum Gasteiger partial charge on any atom is -0.493 e. The molecule has 2 N–H and O–H groups in total. The molecule has 4 bridgehead atoms. The molecule has 3 unspecified atom stereocenters. The first kappa shape index (κ1) is 17.4. The molecule has 4 fully saturated rings.